The van der Waals surface area contributed by atoms with E-state index in [-0.39, 0.29) is 0 Å². The fourth-order valence-corrected chi connectivity index (χ4v) is 1.20. The van der Waals surface area contributed by atoms with Crippen LogP contribution in [-0.2, 0) is 4.79 Å². The van der Waals surface area contributed by atoms with Crippen LogP contribution in [0.1, 0.15) is 19.8 Å². The molecule has 1 aromatic heterocycles. The number of pyridine rings is 1. The van der Waals surface area contributed by atoms with E-state index < -0.39 is 9.70 Å². The van der Waals surface area contributed by atoms with Crippen molar-refractivity contribution in [3.05, 3.63) is 18.3 Å². The summed E-state index contributed by atoms with van der Waals surface area (Å²) in [6.45, 7) is 2.69. The molecule has 4 nitrogen and oxygen atoms in total. The quantitative estimate of drug-likeness (QED) is 0.668. The Kier molecular flexibility index (Phi) is 5.99. The molecule has 0 saturated carbocycles. The number of rotatable bonds is 5. The van der Waals surface area contributed by atoms with Crippen molar-refractivity contribution in [3.8, 4) is 5.88 Å². The number of hydrogen-bond donors (Lipinski definition) is 1. The van der Waals surface area contributed by atoms with Crippen molar-refractivity contribution in [3.63, 3.8) is 0 Å². The number of nitrogens with one attached hydrogen (secondary N) is 1. The highest BCUT2D eigenvalue weighted by Crippen LogP contribution is 2.27. The zero-order chi connectivity index (χ0) is 13.6. The summed E-state index contributed by atoms with van der Waals surface area (Å²) in [6.07, 6.45) is 3.46. The van der Waals surface area contributed by atoms with Gasteiger partial charge in [-0.25, -0.2) is 4.98 Å². The van der Waals surface area contributed by atoms with Gasteiger partial charge in [0.2, 0.25) is 5.88 Å². The van der Waals surface area contributed by atoms with E-state index in [1.54, 1.807) is 12.1 Å². The topological polar surface area (TPSA) is 51.2 Å². The maximum Gasteiger partial charge on any atom is 0.276 e. The van der Waals surface area contributed by atoms with Crippen molar-refractivity contribution in [2.45, 2.75) is 23.6 Å². The van der Waals surface area contributed by atoms with Crippen molar-refractivity contribution >= 4 is 46.4 Å². The normalized spacial score (nSPS) is 11.1. The number of unbranched alkanes of at least 4 members (excludes halogenated alkanes) is 1. The molecule has 0 bridgehead atoms. The Labute approximate surface area is 121 Å². The summed E-state index contributed by atoms with van der Waals surface area (Å²) in [5.41, 5.74) is 0.439. The lowest BCUT2D eigenvalue weighted by molar-refractivity contribution is -0.115. The number of hydrogen-bond acceptors (Lipinski definition) is 3. The maximum atomic E-state index is 11.4. The van der Waals surface area contributed by atoms with Crippen molar-refractivity contribution < 1.29 is 9.53 Å². The monoisotopic (exact) mass is 310 g/mol. The van der Waals surface area contributed by atoms with Gasteiger partial charge >= 0.3 is 0 Å². The van der Waals surface area contributed by atoms with Gasteiger partial charge < -0.3 is 10.1 Å². The highest BCUT2D eigenvalue weighted by molar-refractivity contribution is 6.76. The maximum absolute atomic E-state index is 11.4. The van der Waals surface area contributed by atoms with Crippen LogP contribution < -0.4 is 10.1 Å². The molecule has 100 valence electrons. The van der Waals surface area contributed by atoms with Gasteiger partial charge in [-0.15, -0.1) is 0 Å². The van der Waals surface area contributed by atoms with E-state index in [1.807, 2.05) is 0 Å². The van der Waals surface area contributed by atoms with Crippen LogP contribution in [0.4, 0.5) is 5.69 Å². The second-order valence-corrected chi connectivity index (χ2v) is 5.82. The average molecular weight is 312 g/mol. The first kappa shape index (κ1) is 15.3. The van der Waals surface area contributed by atoms with Crippen LogP contribution in [-0.4, -0.2) is 21.3 Å². The first-order valence-corrected chi connectivity index (χ1v) is 6.54. The fourth-order valence-electron chi connectivity index (χ4n) is 1.06. The zero-order valence-corrected chi connectivity index (χ0v) is 12.0. The second kappa shape index (κ2) is 7.02. The summed E-state index contributed by atoms with van der Waals surface area (Å²) in [4.78, 5) is 15.4. The Morgan fingerprint density at radius 2 is 2.17 bits per heavy atom. The first-order chi connectivity index (χ1) is 8.43. The Morgan fingerprint density at radius 1 is 1.44 bits per heavy atom. The summed E-state index contributed by atoms with van der Waals surface area (Å²) in [7, 11) is 0. The summed E-state index contributed by atoms with van der Waals surface area (Å²) >= 11 is 16.3. The third-order valence-corrected chi connectivity index (χ3v) is 2.51. The third-order valence-electron chi connectivity index (χ3n) is 2.00. The molecule has 1 aromatic rings. The van der Waals surface area contributed by atoms with E-state index in [9.17, 15) is 4.79 Å². The van der Waals surface area contributed by atoms with E-state index >= 15 is 0 Å². The molecule has 0 aliphatic heterocycles. The van der Waals surface area contributed by atoms with Crippen molar-refractivity contribution in [1.29, 1.82) is 0 Å². The molecule has 7 heteroatoms. The van der Waals surface area contributed by atoms with E-state index in [0.717, 1.165) is 12.8 Å². The third kappa shape index (κ3) is 5.29. The molecule has 0 spiro atoms. The summed E-state index contributed by atoms with van der Waals surface area (Å²) in [5, 5.41) is 2.42. The second-order valence-electron chi connectivity index (χ2n) is 3.54. The molecule has 0 saturated heterocycles. The summed E-state index contributed by atoms with van der Waals surface area (Å²) in [5.74, 6) is -0.232. The number of carbonyl (C=O) groups is 1. The Morgan fingerprint density at radius 3 is 2.67 bits per heavy atom. The lowest BCUT2D eigenvalue weighted by Crippen LogP contribution is -2.26. The van der Waals surface area contributed by atoms with Crippen molar-refractivity contribution in [2.75, 3.05) is 11.9 Å². The van der Waals surface area contributed by atoms with Gasteiger partial charge in [0.05, 0.1) is 18.5 Å². The Balaban J connectivity index is 2.53. The highest BCUT2D eigenvalue weighted by Gasteiger charge is 2.30. The predicted octanol–water partition coefficient (Wildman–Crippen LogP) is 3.57. The largest absolute Gasteiger partial charge is 0.478 e. The molecule has 1 heterocycles. The van der Waals surface area contributed by atoms with Crippen LogP contribution in [0.5, 0.6) is 5.88 Å². The minimum absolute atomic E-state index is 0.439. The molecular weight excluding hydrogens is 298 g/mol. The molecule has 0 atom stereocenters. The van der Waals surface area contributed by atoms with Crippen LogP contribution >= 0.6 is 34.8 Å². The van der Waals surface area contributed by atoms with Crippen LogP contribution in [0.2, 0.25) is 0 Å². The van der Waals surface area contributed by atoms with E-state index in [4.69, 9.17) is 39.5 Å². The van der Waals surface area contributed by atoms with E-state index in [2.05, 4.69) is 17.2 Å². The van der Waals surface area contributed by atoms with Crippen LogP contribution in [0.15, 0.2) is 18.3 Å². The molecule has 18 heavy (non-hydrogen) atoms. The van der Waals surface area contributed by atoms with Gasteiger partial charge in [-0.2, -0.15) is 0 Å². The van der Waals surface area contributed by atoms with Gasteiger partial charge in [-0.1, -0.05) is 48.1 Å². The lowest BCUT2D eigenvalue weighted by Gasteiger charge is -2.11. The molecule has 0 unspecified atom stereocenters. The molecule has 1 N–H and O–H groups in total. The zero-order valence-electron chi connectivity index (χ0n) is 9.75. The van der Waals surface area contributed by atoms with Crippen molar-refractivity contribution in [1.82, 2.24) is 4.98 Å². The SMILES string of the molecule is CCCCOc1ccc(NC(=O)C(Cl)(Cl)Cl)cn1. The van der Waals surface area contributed by atoms with Crippen LogP contribution in [0, 0.1) is 0 Å². The smallest absolute Gasteiger partial charge is 0.276 e. The van der Waals surface area contributed by atoms with E-state index in [1.165, 1.54) is 6.20 Å². The van der Waals surface area contributed by atoms with Gasteiger partial charge in [0.1, 0.15) is 0 Å². The molecule has 0 radical (unpaired) electrons. The predicted molar refractivity (Wildman–Crippen MR) is 73.6 cm³/mol. The Bertz CT molecular complexity index is 390. The van der Waals surface area contributed by atoms with Gasteiger partial charge in [-0.05, 0) is 12.5 Å². The first-order valence-electron chi connectivity index (χ1n) is 5.40. The standard InChI is InChI=1S/C11H13Cl3N2O2/c1-2-3-6-18-9-5-4-8(7-15-9)16-10(17)11(12,13)14/h4-5,7H,2-3,6H2,1H3,(H,16,17). The number of nitrogens with zero attached hydrogens (tertiary/aromatic N) is 1. The minimum atomic E-state index is -1.99. The molecule has 0 fully saturated rings. The van der Waals surface area contributed by atoms with Gasteiger partial charge in [0.25, 0.3) is 9.70 Å². The molecule has 0 aliphatic carbocycles. The minimum Gasteiger partial charge on any atom is -0.478 e. The number of ether oxygens (including phenoxy) is 1. The molecule has 0 aliphatic rings. The molecule has 1 amide bonds. The summed E-state index contributed by atoms with van der Waals surface area (Å²) < 4.78 is 3.38. The van der Waals surface area contributed by atoms with E-state index in [0.29, 0.717) is 18.2 Å². The molecule has 1 rings (SSSR count). The number of carbonyl (C=O) groups excluding carboxylic acids is 1. The van der Waals surface area contributed by atoms with Gasteiger partial charge in [-0.3, -0.25) is 4.79 Å². The van der Waals surface area contributed by atoms with Crippen LogP contribution in [0.3, 0.4) is 0 Å². The molecule has 0 aromatic carbocycles. The fraction of sp³-hybridized carbons (Fsp3) is 0.455. The van der Waals surface area contributed by atoms with Gasteiger partial charge in [0, 0.05) is 6.07 Å². The number of aromatic nitrogens is 1. The summed E-state index contributed by atoms with van der Waals surface area (Å²) in [6, 6.07) is 3.27. The number of alkyl halides is 3. The lowest BCUT2D eigenvalue weighted by atomic mass is 10.3. The highest BCUT2D eigenvalue weighted by atomic mass is 35.6. The number of anilines is 1. The molecular formula is C11H13Cl3N2O2. The number of amides is 1. The number of halogens is 3. The average Bonchev–Trinajstić information content (AvgIpc) is 2.30. The van der Waals surface area contributed by atoms with Crippen molar-refractivity contribution in [2.24, 2.45) is 0 Å². The van der Waals surface area contributed by atoms with Crippen LogP contribution in [0.25, 0.3) is 0 Å². The Hall–Kier alpha value is -0.710. The van der Waals surface area contributed by atoms with Gasteiger partial charge in [0.15, 0.2) is 0 Å².